The van der Waals surface area contributed by atoms with E-state index >= 15 is 0 Å². The van der Waals surface area contributed by atoms with Crippen LogP contribution in [0.2, 0.25) is 0 Å². The van der Waals surface area contributed by atoms with E-state index in [1.54, 1.807) is 0 Å². The van der Waals surface area contributed by atoms with Gasteiger partial charge in [0.15, 0.2) is 0 Å². The van der Waals surface area contributed by atoms with Crippen LogP contribution in [0.3, 0.4) is 0 Å². The Labute approximate surface area is 363 Å². The molecular formula is C59H38N4. The Morgan fingerprint density at radius 1 is 0.254 bits per heavy atom. The van der Waals surface area contributed by atoms with Crippen LogP contribution in [0.15, 0.2) is 231 Å². The molecule has 9 aromatic carbocycles. The molecule has 4 aromatic heterocycles. The van der Waals surface area contributed by atoms with Gasteiger partial charge in [-0.25, -0.2) is 4.98 Å². The summed E-state index contributed by atoms with van der Waals surface area (Å²) in [5.41, 5.74) is 16.9. The maximum absolute atomic E-state index is 5.17. The Morgan fingerprint density at radius 2 is 0.730 bits per heavy atom. The summed E-state index contributed by atoms with van der Waals surface area (Å²) in [5.74, 6) is 0. The van der Waals surface area contributed by atoms with E-state index < -0.39 is 0 Å². The van der Waals surface area contributed by atoms with E-state index in [-0.39, 0.29) is 0 Å². The molecule has 0 bridgehead atoms. The van der Waals surface area contributed by atoms with Crippen LogP contribution < -0.4 is 0 Å². The molecule has 0 spiro atoms. The first-order valence-corrected chi connectivity index (χ1v) is 21.5. The average molecular weight is 803 g/mol. The van der Waals surface area contributed by atoms with Gasteiger partial charge in [-0.1, -0.05) is 152 Å². The van der Waals surface area contributed by atoms with Crippen LogP contribution in [0.4, 0.5) is 0 Å². The van der Waals surface area contributed by atoms with Crippen molar-refractivity contribution >= 4 is 65.4 Å². The minimum atomic E-state index is 0.951. The zero-order chi connectivity index (χ0) is 41.4. The van der Waals surface area contributed by atoms with Crippen molar-refractivity contribution in [3.05, 3.63) is 231 Å². The number of para-hydroxylation sites is 4. The third-order valence-corrected chi connectivity index (χ3v) is 12.8. The molecule has 63 heavy (non-hydrogen) atoms. The minimum Gasteiger partial charge on any atom is -0.309 e. The van der Waals surface area contributed by atoms with Gasteiger partial charge in [-0.05, 0) is 90.0 Å². The fourth-order valence-corrected chi connectivity index (χ4v) is 10.0. The van der Waals surface area contributed by atoms with Crippen LogP contribution in [0, 0.1) is 0 Å². The number of fused-ring (bicyclic) bond motifs is 10. The third kappa shape index (κ3) is 5.52. The zero-order valence-electron chi connectivity index (χ0n) is 34.2. The van der Waals surface area contributed by atoms with Gasteiger partial charge in [0.1, 0.15) is 0 Å². The van der Waals surface area contributed by atoms with E-state index in [2.05, 4.69) is 244 Å². The number of hydrogen-bond donors (Lipinski definition) is 0. The van der Waals surface area contributed by atoms with E-state index in [1.165, 1.54) is 59.9 Å². The smallest absolute Gasteiger partial charge is 0.0715 e. The molecule has 0 radical (unpaired) electrons. The molecule has 0 aliphatic heterocycles. The van der Waals surface area contributed by atoms with Gasteiger partial charge in [-0.2, -0.15) is 0 Å². The summed E-state index contributed by atoms with van der Waals surface area (Å²) in [5, 5.41) is 7.39. The second kappa shape index (κ2) is 14.1. The topological polar surface area (TPSA) is 27.7 Å². The highest BCUT2D eigenvalue weighted by atomic mass is 15.0. The minimum absolute atomic E-state index is 0.951. The summed E-state index contributed by atoms with van der Waals surface area (Å²) >= 11 is 0. The van der Waals surface area contributed by atoms with Crippen LogP contribution in [0.5, 0.6) is 0 Å². The van der Waals surface area contributed by atoms with Crippen molar-refractivity contribution in [2.75, 3.05) is 0 Å². The first kappa shape index (κ1) is 35.3. The quantitative estimate of drug-likeness (QED) is 0.165. The molecule has 0 saturated carbocycles. The number of hydrogen-bond acceptors (Lipinski definition) is 1. The predicted octanol–water partition coefficient (Wildman–Crippen LogP) is 15.4. The lowest BCUT2D eigenvalue weighted by Crippen LogP contribution is -1.97. The molecule has 4 nitrogen and oxygen atoms in total. The van der Waals surface area contributed by atoms with E-state index in [4.69, 9.17) is 4.98 Å². The molecule has 0 amide bonds. The normalized spacial score (nSPS) is 11.8. The molecule has 0 N–H and O–H groups in total. The molecule has 0 unspecified atom stereocenters. The molecule has 4 heteroatoms. The number of pyridine rings is 1. The summed E-state index contributed by atoms with van der Waals surface area (Å²) in [6.45, 7) is 0. The highest BCUT2D eigenvalue weighted by molar-refractivity contribution is 6.26. The lowest BCUT2D eigenvalue weighted by Gasteiger charge is -2.13. The highest BCUT2D eigenvalue weighted by Crippen LogP contribution is 2.43. The third-order valence-electron chi connectivity index (χ3n) is 12.8. The van der Waals surface area contributed by atoms with Crippen molar-refractivity contribution in [2.45, 2.75) is 0 Å². The molecule has 0 fully saturated rings. The van der Waals surface area contributed by atoms with Crippen LogP contribution >= 0.6 is 0 Å². The summed E-state index contributed by atoms with van der Waals surface area (Å²) in [6.07, 6.45) is 0. The summed E-state index contributed by atoms with van der Waals surface area (Å²) in [4.78, 5) is 5.17. The Morgan fingerprint density at radius 3 is 1.41 bits per heavy atom. The molecule has 0 atom stereocenters. The van der Waals surface area contributed by atoms with Crippen molar-refractivity contribution in [2.24, 2.45) is 0 Å². The molecule has 4 heterocycles. The lowest BCUT2D eigenvalue weighted by molar-refractivity contribution is 1.17. The fraction of sp³-hybridized carbons (Fsp3) is 0. The molecular weight excluding hydrogens is 765 g/mol. The van der Waals surface area contributed by atoms with Gasteiger partial charge in [0.25, 0.3) is 0 Å². The van der Waals surface area contributed by atoms with Crippen molar-refractivity contribution < 1.29 is 0 Å². The Kier molecular flexibility index (Phi) is 7.87. The SMILES string of the molecule is c1ccc(-c2cc(-c3cccc(-n4c5ccccc5c5c4ccc4c6ccccc6n(-c6ccc7c(c6)c6ccccc6n7-c6ccccc6)c45)c3)cc(-c3ccccc3)n2)cc1. The van der Waals surface area contributed by atoms with Crippen LogP contribution in [0.1, 0.15) is 0 Å². The first-order valence-electron chi connectivity index (χ1n) is 21.5. The standard InChI is InChI=1S/C59H38N4/c1-4-17-39(18-5-1)51-36-42(37-52(60-51)40-19-6-2-7-20-40)41-21-16-24-44(35-41)62-55-30-15-12-27-49(55)58-57(62)34-32-48-46-25-10-14-29-54(46)63(59(48)58)45-31-33-56-50(38-45)47-26-11-13-28-53(47)61(56)43-22-8-3-9-23-43/h1-38H. The number of nitrogens with zero attached hydrogens (tertiary/aromatic N) is 4. The second-order valence-corrected chi connectivity index (χ2v) is 16.4. The Balaban J connectivity index is 1.05. The van der Waals surface area contributed by atoms with Crippen molar-refractivity contribution in [1.29, 1.82) is 0 Å². The van der Waals surface area contributed by atoms with E-state index in [9.17, 15) is 0 Å². The van der Waals surface area contributed by atoms with Crippen LogP contribution in [0.25, 0.3) is 116 Å². The molecule has 13 rings (SSSR count). The van der Waals surface area contributed by atoms with Gasteiger partial charge in [0.05, 0.1) is 44.5 Å². The van der Waals surface area contributed by atoms with Gasteiger partial charge >= 0.3 is 0 Å². The maximum atomic E-state index is 5.17. The molecule has 0 aliphatic rings. The Bertz CT molecular complexity index is 3830. The Hall–Kier alpha value is -8.47. The monoisotopic (exact) mass is 802 g/mol. The van der Waals surface area contributed by atoms with E-state index in [0.29, 0.717) is 0 Å². The largest absolute Gasteiger partial charge is 0.309 e. The van der Waals surface area contributed by atoms with Crippen molar-refractivity contribution in [1.82, 2.24) is 18.7 Å². The van der Waals surface area contributed by atoms with Gasteiger partial charge in [-0.3, -0.25) is 0 Å². The molecule has 0 saturated heterocycles. The van der Waals surface area contributed by atoms with Gasteiger partial charge in [0, 0.05) is 60.5 Å². The second-order valence-electron chi connectivity index (χ2n) is 16.4. The molecule has 294 valence electrons. The van der Waals surface area contributed by atoms with Crippen LogP contribution in [-0.4, -0.2) is 18.7 Å². The van der Waals surface area contributed by atoms with Gasteiger partial charge in [0.2, 0.25) is 0 Å². The predicted molar refractivity (Wildman–Crippen MR) is 264 cm³/mol. The average Bonchev–Trinajstić information content (AvgIpc) is 4.00. The van der Waals surface area contributed by atoms with Crippen molar-refractivity contribution in [3.8, 4) is 50.7 Å². The van der Waals surface area contributed by atoms with Gasteiger partial charge in [-0.15, -0.1) is 0 Å². The van der Waals surface area contributed by atoms with Crippen molar-refractivity contribution in [3.63, 3.8) is 0 Å². The first-order chi connectivity index (χ1) is 31.3. The summed E-state index contributed by atoms with van der Waals surface area (Å²) in [7, 11) is 0. The fourth-order valence-electron chi connectivity index (χ4n) is 10.0. The maximum Gasteiger partial charge on any atom is 0.0715 e. The number of aromatic nitrogens is 4. The van der Waals surface area contributed by atoms with E-state index in [1.807, 2.05) is 0 Å². The van der Waals surface area contributed by atoms with Crippen LogP contribution in [-0.2, 0) is 0 Å². The van der Waals surface area contributed by atoms with Gasteiger partial charge < -0.3 is 13.7 Å². The van der Waals surface area contributed by atoms with E-state index in [0.717, 1.165) is 56.2 Å². The molecule has 0 aliphatic carbocycles. The summed E-state index contributed by atoms with van der Waals surface area (Å²) in [6, 6.07) is 83.2. The number of rotatable bonds is 6. The zero-order valence-corrected chi connectivity index (χ0v) is 34.2. The summed E-state index contributed by atoms with van der Waals surface area (Å²) < 4.78 is 7.34. The molecule has 13 aromatic rings. The lowest BCUT2D eigenvalue weighted by atomic mass is 9.99. The number of benzene rings is 9. The highest BCUT2D eigenvalue weighted by Gasteiger charge is 2.22.